The normalized spacial score (nSPS) is 15.3. The molecule has 18 heteroatoms. The van der Waals surface area contributed by atoms with Crippen molar-refractivity contribution in [1.29, 1.82) is 0 Å². The van der Waals surface area contributed by atoms with Crippen LogP contribution in [0.2, 0.25) is 0 Å². The SMILES string of the molecule is CC(C)c1c(C(=O)Nc2ccccc2)c(-c2cccc(OCCCc3cn(CCCOCCCc4cccc5c4CN(C4CCC(=O)NC4=O)C5=O)nn3)c2)c(-c2ccc(F)cc2)n1CCC(O)CC(O)CC(=O)O. The molecular formula is C57H64FN7O10. The van der Waals surface area contributed by atoms with Gasteiger partial charge in [-0.05, 0) is 134 Å². The van der Waals surface area contributed by atoms with Gasteiger partial charge < -0.3 is 39.6 Å². The Morgan fingerprint density at radius 2 is 1.63 bits per heavy atom. The maximum atomic E-state index is 14.7. The number of halogens is 1. The van der Waals surface area contributed by atoms with Crippen LogP contribution in [0.5, 0.6) is 5.75 Å². The highest BCUT2D eigenvalue weighted by Gasteiger charge is 2.40. The maximum Gasteiger partial charge on any atom is 0.305 e. The molecule has 0 bridgehead atoms. The minimum Gasteiger partial charge on any atom is -0.494 e. The van der Waals surface area contributed by atoms with E-state index in [1.807, 2.05) is 79.2 Å². The number of nitrogens with zero attached hydrogens (tertiary/aromatic N) is 5. The molecule has 1 saturated heterocycles. The van der Waals surface area contributed by atoms with Gasteiger partial charge in [0.25, 0.3) is 11.8 Å². The van der Waals surface area contributed by atoms with E-state index in [2.05, 4.69) is 20.9 Å². The predicted molar refractivity (Wildman–Crippen MR) is 277 cm³/mol. The van der Waals surface area contributed by atoms with Crippen molar-refractivity contribution < 1.29 is 53.2 Å². The van der Waals surface area contributed by atoms with E-state index in [0.717, 1.165) is 36.1 Å². The third-order valence-corrected chi connectivity index (χ3v) is 13.5. The van der Waals surface area contributed by atoms with Crippen LogP contribution < -0.4 is 15.4 Å². The standard InChI is InChI=1S/C57H64FN7O10/c1-36(2)53-52(56(72)59-41-14-4-3-5-15-41)51(54(38-19-21-40(58)22-20-38)64(53)27-25-43(66)32-44(67)33-50(69)70)39-12-6-17-45(31-39)75-30-9-16-42-34-63(62-61-42)26-10-29-74-28-8-13-37-11-7-18-46-47(37)35-65(57(46)73)48-23-24-49(68)60-55(48)71/h3-7,11-12,14-15,17-22,31,34,36,43-44,48,66-67H,8-10,13,16,23-30,32-33,35H2,1-2H3,(H,59,72)(H,69,70)(H,60,68,71). The van der Waals surface area contributed by atoms with Gasteiger partial charge in [0, 0.05) is 68.0 Å². The number of fused-ring (bicyclic) bond motifs is 1. The van der Waals surface area contributed by atoms with Crippen LogP contribution >= 0.6 is 0 Å². The van der Waals surface area contributed by atoms with Gasteiger partial charge in [-0.1, -0.05) is 61.5 Å². The maximum absolute atomic E-state index is 14.7. The van der Waals surface area contributed by atoms with Crippen molar-refractivity contribution in [2.75, 3.05) is 25.1 Å². The molecule has 2 aliphatic heterocycles. The zero-order valence-corrected chi connectivity index (χ0v) is 42.3. The van der Waals surface area contributed by atoms with E-state index < -0.39 is 42.4 Å². The van der Waals surface area contributed by atoms with Crippen molar-refractivity contribution in [2.24, 2.45) is 0 Å². The summed E-state index contributed by atoms with van der Waals surface area (Å²) >= 11 is 0. The highest BCUT2D eigenvalue weighted by Crippen LogP contribution is 2.44. The number of ether oxygens (including phenoxy) is 2. The number of aromatic nitrogens is 4. The van der Waals surface area contributed by atoms with E-state index in [4.69, 9.17) is 9.47 Å². The van der Waals surface area contributed by atoms with E-state index >= 15 is 0 Å². The molecule has 2 aromatic heterocycles. The second-order valence-electron chi connectivity index (χ2n) is 19.4. The van der Waals surface area contributed by atoms with Gasteiger partial charge in [0.15, 0.2) is 0 Å². The Balaban J connectivity index is 0.876. The average Bonchev–Trinajstić information content (AvgIpc) is 4.09. The van der Waals surface area contributed by atoms with Gasteiger partial charge in [0.2, 0.25) is 11.8 Å². The molecule has 8 rings (SSSR count). The fourth-order valence-electron chi connectivity index (χ4n) is 10.0. The number of para-hydroxylation sites is 1. The van der Waals surface area contributed by atoms with Gasteiger partial charge in [-0.15, -0.1) is 5.10 Å². The Morgan fingerprint density at radius 1 is 0.867 bits per heavy atom. The first-order valence-electron chi connectivity index (χ1n) is 25.7. The van der Waals surface area contributed by atoms with E-state index in [9.17, 15) is 43.7 Å². The van der Waals surface area contributed by atoms with Crippen LogP contribution in [0.25, 0.3) is 22.4 Å². The van der Waals surface area contributed by atoms with Gasteiger partial charge in [0.1, 0.15) is 17.6 Å². The summed E-state index contributed by atoms with van der Waals surface area (Å²) in [6.45, 7) is 6.56. The number of hydrogen-bond donors (Lipinski definition) is 5. The molecule has 2 aliphatic rings. The first-order chi connectivity index (χ1) is 36.2. The third-order valence-electron chi connectivity index (χ3n) is 13.5. The average molecular weight is 1030 g/mol. The minimum absolute atomic E-state index is 0.131. The summed E-state index contributed by atoms with van der Waals surface area (Å²) in [5.41, 5.74) is 7.59. The van der Waals surface area contributed by atoms with Gasteiger partial charge in [-0.3, -0.25) is 34.0 Å². The van der Waals surface area contributed by atoms with Crippen LogP contribution in [0.4, 0.5) is 10.1 Å². The number of aliphatic hydroxyl groups excluding tert-OH is 2. The number of piperidine rings is 1. The Hall–Kier alpha value is -7.54. The summed E-state index contributed by atoms with van der Waals surface area (Å²) in [6, 6.07) is 27.6. The number of carboxylic acid groups (broad SMARTS) is 1. The molecule has 6 aromatic rings. The second-order valence-corrected chi connectivity index (χ2v) is 19.4. The lowest BCUT2D eigenvalue weighted by Crippen LogP contribution is -2.52. The number of aliphatic hydroxyl groups is 2. The van der Waals surface area contributed by atoms with Crippen molar-refractivity contribution in [2.45, 2.75) is 122 Å². The van der Waals surface area contributed by atoms with Gasteiger partial charge in [-0.25, -0.2) is 4.39 Å². The quantitative estimate of drug-likeness (QED) is 0.0260. The molecule has 3 unspecified atom stereocenters. The molecule has 3 atom stereocenters. The van der Waals surface area contributed by atoms with E-state index in [-0.39, 0.29) is 49.4 Å². The van der Waals surface area contributed by atoms with Gasteiger partial charge in [-0.2, -0.15) is 0 Å². The molecule has 1 fully saturated rings. The molecule has 0 spiro atoms. The van der Waals surface area contributed by atoms with Crippen molar-refractivity contribution in [3.8, 4) is 28.1 Å². The number of nitrogens with one attached hydrogen (secondary N) is 2. The zero-order valence-electron chi connectivity index (χ0n) is 42.3. The summed E-state index contributed by atoms with van der Waals surface area (Å²) in [6.07, 6.45) is 3.12. The number of rotatable bonds is 26. The predicted octanol–water partition coefficient (Wildman–Crippen LogP) is 7.72. The number of carbonyl (C=O) groups is 5. The van der Waals surface area contributed by atoms with Gasteiger partial charge in [0.05, 0.1) is 42.2 Å². The van der Waals surface area contributed by atoms with Crippen LogP contribution in [0, 0.1) is 5.82 Å². The first-order valence-corrected chi connectivity index (χ1v) is 25.7. The van der Waals surface area contributed by atoms with Crippen LogP contribution in [-0.2, 0) is 51.6 Å². The van der Waals surface area contributed by atoms with E-state index in [1.165, 1.54) is 12.1 Å². The number of carbonyl (C=O) groups excluding carboxylic acids is 4. The highest BCUT2D eigenvalue weighted by atomic mass is 19.1. The van der Waals surface area contributed by atoms with Crippen LogP contribution in [0.1, 0.15) is 114 Å². The van der Waals surface area contributed by atoms with Crippen LogP contribution in [0.3, 0.4) is 0 Å². The smallest absolute Gasteiger partial charge is 0.305 e. The molecular weight excluding hydrogens is 962 g/mol. The zero-order chi connectivity index (χ0) is 53.0. The number of benzene rings is 4. The highest BCUT2D eigenvalue weighted by molar-refractivity contribution is 6.12. The Morgan fingerprint density at radius 3 is 2.39 bits per heavy atom. The summed E-state index contributed by atoms with van der Waals surface area (Å²) in [5, 5.41) is 44.6. The first kappa shape index (κ1) is 53.7. The van der Waals surface area contributed by atoms with Crippen LogP contribution in [0.15, 0.2) is 103 Å². The lowest BCUT2D eigenvalue weighted by atomic mass is 9.94. The molecule has 5 N–H and O–H groups in total. The number of carboxylic acids is 1. The monoisotopic (exact) mass is 1030 g/mol. The lowest BCUT2D eigenvalue weighted by Gasteiger charge is -2.29. The summed E-state index contributed by atoms with van der Waals surface area (Å²) in [4.78, 5) is 64.8. The van der Waals surface area contributed by atoms with Gasteiger partial charge >= 0.3 is 5.97 Å². The number of imide groups is 1. The summed E-state index contributed by atoms with van der Waals surface area (Å²) in [5.74, 6) is -2.53. The summed E-state index contributed by atoms with van der Waals surface area (Å²) in [7, 11) is 0. The summed E-state index contributed by atoms with van der Waals surface area (Å²) < 4.78 is 30.5. The molecule has 4 aromatic carbocycles. The number of amides is 4. The number of aryl methyl sites for hydroxylation is 3. The van der Waals surface area contributed by atoms with Crippen LogP contribution in [-0.4, -0.2) is 107 Å². The minimum atomic E-state index is -1.24. The second kappa shape index (κ2) is 25.1. The molecule has 0 radical (unpaired) electrons. The Kier molecular flexibility index (Phi) is 18.0. The number of hydrogen-bond acceptors (Lipinski definition) is 11. The Labute approximate surface area is 434 Å². The van der Waals surface area contributed by atoms with Crippen molar-refractivity contribution in [3.05, 3.63) is 143 Å². The van der Waals surface area contributed by atoms with Crippen molar-refractivity contribution in [1.82, 2.24) is 29.8 Å². The fourth-order valence-corrected chi connectivity index (χ4v) is 10.0. The Bertz CT molecular complexity index is 2970. The molecule has 75 heavy (non-hydrogen) atoms. The topological polar surface area (TPSA) is 227 Å². The molecule has 17 nitrogen and oxygen atoms in total. The van der Waals surface area contributed by atoms with E-state index in [0.29, 0.717) is 103 Å². The lowest BCUT2D eigenvalue weighted by molar-refractivity contribution is -0.140. The number of aliphatic carboxylic acids is 1. The van der Waals surface area contributed by atoms with Crippen molar-refractivity contribution >= 4 is 35.3 Å². The molecule has 4 amide bonds. The molecule has 0 aliphatic carbocycles. The van der Waals surface area contributed by atoms with E-state index in [1.54, 1.807) is 39.9 Å². The molecule has 0 saturated carbocycles. The molecule has 394 valence electrons. The largest absolute Gasteiger partial charge is 0.494 e. The molecule has 4 heterocycles. The van der Waals surface area contributed by atoms with Crippen molar-refractivity contribution in [3.63, 3.8) is 0 Å². The third kappa shape index (κ3) is 13.6. The number of anilines is 1. The fraction of sp³-hybridized carbons (Fsp3) is 0.386.